The van der Waals surface area contributed by atoms with Crippen LogP contribution >= 0.6 is 0 Å². The normalized spacial score (nSPS) is 34.1. The van der Waals surface area contributed by atoms with E-state index >= 15 is 0 Å². The number of aromatic amines is 1. The first kappa shape index (κ1) is 12.2. The van der Waals surface area contributed by atoms with Crippen molar-refractivity contribution < 1.29 is 0 Å². The summed E-state index contributed by atoms with van der Waals surface area (Å²) in [5, 5.41) is 0. The van der Waals surface area contributed by atoms with Gasteiger partial charge in [-0.15, -0.1) is 0 Å². The monoisotopic (exact) mass is 247 g/mol. The van der Waals surface area contributed by atoms with E-state index in [9.17, 15) is 0 Å². The van der Waals surface area contributed by atoms with Crippen LogP contribution in [0.1, 0.15) is 76.6 Å². The molecule has 3 unspecified atom stereocenters. The highest BCUT2D eigenvalue weighted by atomic mass is 15.0. The zero-order valence-electron chi connectivity index (χ0n) is 12.2. The van der Waals surface area contributed by atoms with Gasteiger partial charge >= 0.3 is 0 Å². The van der Waals surface area contributed by atoms with Gasteiger partial charge < -0.3 is 10.7 Å². The first-order chi connectivity index (χ1) is 8.29. The molecule has 3 atom stereocenters. The molecule has 2 aliphatic carbocycles. The average molecular weight is 247 g/mol. The molecular weight excluding hydrogens is 222 g/mol. The Hall–Kier alpha value is -0.830. The number of fused-ring (bicyclic) bond motifs is 5. The summed E-state index contributed by atoms with van der Waals surface area (Å²) >= 11 is 0. The van der Waals surface area contributed by atoms with Crippen LogP contribution in [0.2, 0.25) is 0 Å². The average Bonchev–Trinajstić information content (AvgIpc) is 2.85. The van der Waals surface area contributed by atoms with Crippen LogP contribution in [-0.2, 0) is 5.41 Å². The number of H-pyrrole nitrogens is 1. The number of nitrogens with one attached hydrogen (secondary N) is 1. The third-order valence-corrected chi connectivity index (χ3v) is 5.88. The zero-order valence-corrected chi connectivity index (χ0v) is 12.2. The molecule has 2 bridgehead atoms. The van der Waals surface area contributed by atoms with E-state index in [0.29, 0.717) is 17.3 Å². The highest BCUT2D eigenvalue weighted by molar-refractivity contribution is 5.42. The zero-order chi connectivity index (χ0) is 13.3. The molecule has 3 nitrogen and oxygen atoms in total. The molecule has 1 heterocycles. The fourth-order valence-electron chi connectivity index (χ4n) is 3.98. The summed E-state index contributed by atoms with van der Waals surface area (Å²) in [4.78, 5) is 8.43. The third kappa shape index (κ3) is 1.21. The second-order valence-electron chi connectivity index (χ2n) is 7.30. The van der Waals surface area contributed by atoms with E-state index in [4.69, 9.17) is 10.7 Å². The van der Waals surface area contributed by atoms with Gasteiger partial charge in [0.1, 0.15) is 5.82 Å². The van der Waals surface area contributed by atoms with E-state index < -0.39 is 0 Å². The summed E-state index contributed by atoms with van der Waals surface area (Å²) in [6, 6.07) is 0.0294. The van der Waals surface area contributed by atoms with E-state index in [-0.39, 0.29) is 11.5 Å². The van der Waals surface area contributed by atoms with Crippen molar-refractivity contribution in [2.24, 2.45) is 17.1 Å². The van der Waals surface area contributed by atoms with Gasteiger partial charge in [-0.2, -0.15) is 0 Å². The highest BCUT2D eigenvalue weighted by Gasteiger charge is 2.61. The van der Waals surface area contributed by atoms with Crippen LogP contribution < -0.4 is 5.73 Å². The molecule has 0 radical (unpaired) electrons. The number of rotatable bonds is 2. The van der Waals surface area contributed by atoms with Crippen LogP contribution in [0.15, 0.2) is 0 Å². The van der Waals surface area contributed by atoms with Crippen LogP contribution in [0.4, 0.5) is 0 Å². The molecule has 3 N–H and O–H groups in total. The van der Waals surface area contributed by atoms with E-state index in [1.54, 1.807) is 0 Å². The van der Waals surface area contributed by atoms with Crippen molar-refractivity contribution in [1.29, 1.82) is 0 Å². The Morgan fingerprint density at radius 1 is 1.33 bits per heavy atom. The van der Waals surface area contributed by atoms with Crippen LogP contribution in [0.25, 0.3) is 0 Å². The summed E-state index contributed by atoms with van der Waals surface area (Å²) in [6.07, 6.45) is 2.55. The van der Waals surface area contributed by atoms with Crippen molar-refractivity contribution in [3.05, 3.63) is 17.2 Å². The molecule has 0 saturated heterocycles. The van der Waals surface area contributed by atoms with Gasteiger partial charge in [0.15, 0.2) is 0 Å². The van der Waals surface area contributed by atoms with Crippen molar-refractivity contribution in [2.45, 2.75) is 64.8 Å². The maximum atomic E-state index is 6.23. The largest absolute Gasteiger partial charge is 0.344 e. The van der Waals surface area contributed by atoms with Crippen LogP contribution in [0.5, 0.6) is 0 Å². The Kier molecular flexibility index (Phi) is 2.30. The molecule has 1 aromatic heterocycles. The summed E-state index contributed by atoms with van der Waals surface area (Å²) in [6.45, 7) is 11.5. The third-order valence-electron chi connectivity index (χ3n) is 5.88. The fourth-order valence-corrected chi connectivity index (χ4v) is 3.98. The lowest BCUT2D eigenvalue weighted by Gasteiger charge is -2.34. The number of hydrogen-bond donors (Lipinski definition) is 2. The number of nitrogens with two attached hydrogens (primary N) is 1. The predicted molar refractivity (Wildman–Crippen MR) is 73.5 cm³/mol. The van der Waals surface area contributed by atoms with Gasteiger partial charge in [0.05, 0.1) is 11.7 Å². The Morgan fingerprint density at radius 2 is 2.00 bits per heavy atom. The Balaban J connectivity index is 2.07. The number of aromatic nitrogens is 2. The summed E-state index contributed by atoms with van der Waals surface area (Å²) < 4.78 is 0. The summed E-state index contributed by atoms with van der Waals surface area (Å²) in [5.41, 5.74) is 9.47. The van der Waals surface area contributed by atoms with Gasteiger partial charge in [-0.3, -0.25) is 0 Å². The molecule has 18 heavy (non-hydrogen) atoms. The van der Waals surface area contributed by atoms with E-state index in [1.165, 1.54) is 24.2 Å². The lowest BCUT2D eigenvalue weighted by molar-refractivity contribution is 0.224. The van der Waals surface area contributed by atoms with Crippen LogP contribution in [0, 0.1) is 11.3 Å². The molecular formula is C15H25N3. The maximum Gasteiger partial charge on any atom is 0.123 e. The molecule has 0 amide bonds. The molecule has 2 aliphatic rings. The number of hydrogen-bond acceptors (Lipinski definition) is 2. The second-order valence-corrected chi connectivity index (χ2v) is 7.30. The van der Waals surface area contributed by atoms with Crippen molar-refractivity contribution in [3.63, 3.8) is 0 Å². The Bertz CT molecular complexity index is 486. The van der Waals surface area contributed by atoms with E-state index in [0.717, 1.165) is 5.82 Å². The summed E-state index contributed by atoms with van der Waals surface area (Å²) in [5.74, 6) is 2.05. The number of nitrogens with zero attached hydrogens (tertiary/aromatic N) is 1. The molecule has 3 rings (SSSR count). The maximum absolute atomic E-state index is 6.23. The first-order valence-electron chi connectivity index (χ1n) is 7.15. The lowest BCUT2D eigenvalue weighted by atomic mass is 9.70. The topological polar surface area (TPSA) is 54.7 Å². The summed E-state index contributed by atoms with van der Waals surface area (Å²) in [7, 11) is 0. The minimum absolute atomic E-state index is 0.0294. The predicted octanol–water partition coefficient (Wildman–Crippen LogP) is 3.24. The fraction of sp³-hybridized carbons (Fsp3) is 0.800. The standard InChI is InChI=1S/C15H25N3/c1-8(2)10(16)13-17-11-9-6-7-15(5,12(11)18-13)14(9,3)4/h8-10H,6-7,16H2,1-5H3,(H,17,18). The van der Waals surface area contributed by atoms with Gasteiger partial charge in [-0.05, 0) is 24.2 Å². The Labute approximate surface area is 110 Å². The minimum Gasteiger partial charge on any atom is -0.344 e. The first-order valence-corrected chi connectivity index (χ1v) is 7.15. The Morgan fingerprint density at radius 3 is 2.56 bits per heavy atom. The van der Waals surface area contributed by atoms with E-state index in [1.807, 2.05) is 0 Å². The highest BCUT2D eigenvalue weighted by Crippen LogP contribution is 2.66. The number of imidazole rings is 1. The molecule has 1 aromatic rings. The second kappa shape index (κ2) is 3.38. The SMILES string of the molecule is CC(C)C(N)c1nc2c([nH]1)C1CCC2(C)C1(C)C. The van der Waals surface area contributed by atoms with Crippen molar-refractivity contribution in [3.8, 4) is 0 Å². The lowest BCUT2D eigenvalue weighted by Crippen LogP contribution is -2.32. The molecule has 1 fully saturated rings. The minimum atomic E-state index is 0.0294. The quantitative estimate of drug-likeness (QED) is 0.843. The molecule has 3 heteroatoms. The van der Waals surface area contributed by atoms with Crippen LogP contribution in [-0.4, -0.2) is 9.97 Å². The van der Waals surface area contributed by atoms with Gasteiger partial charge in [-0.25, -0.2) is 4.98 Å². The molecule has 0 aliphatic heterocycles. The van der Waals surface area contributed by atoms with Crippen molar-refractivity contribution in [1.82, 2.24) is 9.97 Å². The van der Waals surface area contributed by atoms with E-state index in [2.05, 4.69) is 39.6 Å². The van der Waals surface area contributed by atoms with Gasteiger partial charge in [0.2, 0.25) is 0 Å². The van der Waals surface area contributed by atoms with Crippen LogP contribution in [0.3, 0.4) is 0 Å². The molecule has 1 saturated carbocycles. The molecule has 0 spiro atoms. The van der Waals surface area contributed by atoms with Crippen molar-refractivity contribution >= 4 is 0 Å². The van der Waals surface area contributed by atoms with Crippen molar-refractivity contribution in [2.75, 3.05) is 0 Å². The van der Waals surface area contributed by atoms with Gasteiger partial charge in [-0.1, -0.05) is 34.6 Å². The van der Waals surface area contributed by atoms with Gasteiger partial charge in [0.25, 0.3) is 0 Å². The molecule has 0 aromatic carbocycles. The van der Waals surface area contributed by atoms with Gasteiger partial charge in [0, 0.05) is 17.0 Å². The smallest absolute Gasteiger partial charge is 0.123 e. The molecule has 100 valence electrons.